The second-order valence-electron chi connectivity index (χ2n) is 7.58. The minimum Gasteiger partial charge on any atom is -0.493 e. The Morgan fingerprint density at radius 2 is 1.69 bits per heavy atom. The maximum Gasteiger partial charge on any atom is 0.220 e. The predicted molar refractivity (Wildman–Crippen MR) is 124 cm³/mol. The summed E-state index contributed by atoms with van der Waals surface area (Å²) < 4.78 is 16.8. The average molecular weight is 457 g/mol. The predicted octanol–water partition coefficient (Wildman–Crippen LogP) is 3.68. The molecule has 0 spiro atoms. The number of hydrogen-bond donors (Lipinski definition) is 1. The van der Waals surface area contributed by atoms with Crippen molar-refractivity contribution in [1.29, 1.82) is 0 Å². The van der Waals surface area contributed by atoms with Crippen LogP contribution >= 0.6 is 11.6 Å². The van der Waals surface area contributed by atoms with Gasteiger partial charge in [-0.25, -0.2) is 9.97 Å². The molecule has 0 unspecified atom stereocenters. The Morgan fingerprint density at radius 3 is 2.25 bits per heavy atom. The van der Waals surface area contributed by atoms with Gasteiger partial charge in [-0.3, -0.25) is 4.79 Å². The number of piperidine rings is 1. The van der Waals surface area contributed by atoms with E-state index in [9.17, 15) is 4.79 Å². The Labute approximate surface area is 191 Å². The van der Waals surface area contributed by atoms with E-state index in [0.29, 0.717) is 59.5 Å². The number of methoxy groups -OCH3 is 3. The highest BCUT2D eigenvalue weighted by atomic mass is 35.5. The maximum absolute atomic E-state index is 11.6. The SMILES string of the molecule is COc1cc2c(N3CCC(C(N)=O)CC3)nc(-c3ccc(Cl)cc3)nc2c(OC)c1OC. The molecular weight excluding hydrogens is 432 g/mol. The first kappa shape index (κ1) is 22.0. The summed E-state index contributed by atoms with van der Waals surface area (Å²) in [6, 6.07) is 9.21. The Hall–Kier alpha value is -3.26. The molecule has 1 fully saturated rings. The first-order valence-corrected chi connectivity index (χ1v) is 10.7. The Morgan fingerprint density at radius 1 is 1.03 bits per heavy atom. The van der Waals surface area contributed by atoms with Crippen LogP contribution < -0.4 is 24.8 Å². The molecule has 1 aliphatic heterocycles. The molecule has 0 bridgehead atoms. The number of primary amides is 1. The van der Waals surface area contributed by atoms with Crippen molar-refractivity contribution in [3.63, 3.8) is 0 Å². The zero-order valence-corrected chi connectivity index (χ0v) is 19.0. The summed E-state index contributed by atoms with van der Waals surface area (Å²) in [6.07, 6.45) is 1.34. The number of nitrogens with two attached hydrogens (primary N) is 1. The van der Waals surface area contributed by atoms with Crippen molar-refractivity contribution >= 4 is 34.2 Å². The molecule has 8 nitrogen and oxygen atoms in total. The smallest absolute Gasteiger partial charge is 0.220 e. The van der Waals surface area contributed by atoms with Crippen molar-refractivity contribution in [2.24, 2.45) is 11.7 Å². The fourth-order valence-electron chi connectivity index (χ4n) is 4.06. The van der Waals surface area contributed by atoms with Gasteiger partial charge in [0, 0.05) is 29.6 Å². The van der Waals surface area contributed by atoms with Gasteiger partial charge in [0.25, 0.3) is 0 Å². The minimum atomic E-state index is -0.257. The van der Waals surface area contributed by atoms with Crippen LogP contribution in [0.2, 0.25) is 5.02 Å². The molecule has 0 saturated carbocycles. The minimum absolute atomic E-state index is 0.126. The Kier molecular flexibility index (Phi) is 6.23. The summed E-state index contributed by atoms with van der Waals surface area (Å²) in [6.45, 7) is 1.30. The molecule has 1 saturated heterocycles. The second-order valence-corrected chi connectivity index (χ2v) is 8.02. The van der Waals surface area contributed by atoms with E-state index in [0.717, 1.165) is 16.8 Å². The van der Waals surface area contributed by atoms with Crippen molar-refractivity contribution in [3.05, 3.63) is 35.4 Å². The van der Waals surface area contributed by atoms with E-state index in [1.807, 2.05) is 18.2 Å². The third-order valence-electron chi connectivity index (χ3n) is 5.77. The molecule has 32 heavy (non-hydrogen) atoms. The van der Waals surface area contributed by atoms with Gasteiger partial charge in [0.1, 0.15) is 11.3 Å². The Bertz CT molecular complexity index is 1150. The van der Waals surface area contributed by atoms with Crippen LogP contribution in [0.5, 0.6) is 17.2 Å². The van der Waals surface area contributed by atoms with E-state index in [-0.39, 0.29) is 11.8 Å². The molecule has 2 N–H and O–H groups in total. The molecule has 1 amide bonds. The lowest BCUT2D eigenvalue weighted by atomic mass is 9.96. The number of benzene rings is 2. The van der Waals surface area contributed by atoms with Crippen molar-refractivity contribution in [1.82, 2.24) is 9.97 Å². The van der Waals surface area contributed by atoms with Crippen LogP contribution in [0.1, 0.15) is 12.8 Å². The van der Waals surface area contributed by atoms with E-state index in [1.165, 1.54) is 0 Å². The van der Waals surface area contributed by atoms with Crippen LogP contribution in [0, 0.1) is 5.92 Å². The van der Waals surface area contributed by atoms with E-state index in [1.54, 1.807) is 33.5 Å². The molecule has 9 heteroatoms. The topological polar surface area (TPSA) is 99.8 Å². The zero-order chi connectivity index (χ0) is 22.8. The van der Waals surface area contributed by atoms with Gasteiger partial charge in [-0.05, 0) is 43.2 Å². The number of hydrogen-bond acceptors (Lipinski definition) is 7. The van der Waals surface area contributed by atoms with E-state index in [4.69, 9.17) is 41.5 Å². The summed E-state index contributed by atoms with van der Waals surface area (Å²) in [5.41, 5.74) is 6.95. The largest absolute Gasteiger partial charge is 0.493 e. The number of carbonyl (C=O) groups is 1. The third-order valence-corrected chi connectivity index (χ3v) is 6.03. The number of halogens is 1. The molecule has 1 aliphatic rings. The van der Waals surface area contributed by atoms with Crippen LogP contribution in [-0.2, 0) is 4.79 Å². The summed E-state index contributed by atoms with van der Waals surface area (Å²) in [4.78, 5) is 23.5. The number of fused-ring (bicyclic) bond motifs is 1. The van der Waals surface area contributed by atoms with Crippen LogP contribution in [0.3, 0.4) is 0 Å². The fraction of sp³-hybridized carbons (Fsp3) is 0.348. The van der Waals surface area contributed by atoms with Gasteiger partial charge in [0.05, 0.1) is 26.7 Å². The number of anilines is 1. The average Bonchev–Trinajstić information content (AvgIpc) is 2.82. The third kappa shape index (κ3) is 3.98. The molecule has 3 aromatic rings. The molecule has 4 rings (SSSR count). The molecule has 0 radical (unpaired) electrons. The van der Waals surface area contributed by atoms with Gasteiger partial charge in [-0.1, -0.05) is 11.6 Å². The van der Waals surface area contributed by atoms with Crippen LogP contribution in [-0.4, -0.2) is 50.3 Å². The first-order valence-electron chi connectivity index (χ1n) is 10.3. The van der Waals surface area contributed by atoms with Crippen LogP contribution in [0.15, 0.2) is 30.3 Å². The number of aromatic nitrogens is 2. The highest BCUT2D eigenvalue weighted by molar-refractivity contribution is 6.30. The van der Waals surface area contributed by atoms with Crippen LogP contribution in [0.4, 0.5) is 5.82 Å². The summed E-state index contributed by atoms with van der Waals surface area (Å²) in [5, 5.41) is 1.40. The van der Waals surface area contributed by atoms with Gasteiger partial charge < -0.3 is 24.8 Å². The number of amides is 1. The van der Waals surface area contributed by atoms with E-state index < -0.39 is 0 Å². The summed E-state index contributed by atoms with van der Waals surface area (Å²) in [7, 11) is 4.70. The lowest BCUT2D eigenvalue weighted by Gasteiger charge is -2.32. The maximum atomic E-state index is 11.6. The number of carbonyl (C=O) groups excluding carboxylic acids is 1. The number of nitrogens with zero attached hydrogens (tertiary/aromatic N) is 3. The normalized spacial score (nSPS) is 14.4. The second kappa shape index (κ2) is 9.08. The van der Waals surface area contributed by atoms with E-state index in [2.05, 4.69) is 4.90 Å². The lowest BCUT2D eigenvalue weighted by molar-refractivity contribution is -0.122. The first-order chi connectivity index (χ1) is 15.5. The van der Waals surface area contributed by atoms with Crippen molar-refractivity contribution in [2.45, 2.75) is 12.8 Å². The quantitative estimate of drug-likeness (QED) is 0.603. The Balaban J connectivity index is 1.93. The highest BCUT2D eigenvalue weighted by Crippen LogP contribution is 2.45. The zero-order valence-electron chi connectivity index (χ0n) is 18.2. The van der Waals surface area contributed by atoms with Gasteiger partial charge >= 0.3 is 0 Å². The fourth-order valence-corrected chi connectivity index (χ4v) is 4.18. The molecule has 168 valence electrons. The molecule has 2 aromatic carbocycles. The molecular formula is C23H25ClN4O4. The van der Waals surface area contributed by atoms with Gasteiger partial charge in [-0.2, -0.15) is 0 Å². The number of rotatable bonds is 6. The molecule has 1 aromatic heterocycles. The summed E-state index contributed by atoms with van der Waals surface area (Å²) >= 11 is 6.07. The standard InChI is InChI=1S/C23H25ClN4O4/c1-30-17-12-16-18(20(32-3)19(17)31-2)26-22(14-4-6-15(24)7-5-14)27-23(16)28-10-8-13(9-11-28)21(25)29/h4-7,12-13H,8-11H2,1-3H3,(H2,25,29). The van der Waals surface area contributed by atoms with Crippen molar-refractivity contribution < 1.29 is 19.0 Å². The van der Waals surface area contributed by atoms with Crippen molar-refractivity contribution in [3.8, 4) is 28.6 Å². The van der Waals surface area contributed by atoms with Crippen molar-refractivity contribution in [2.75, 3.05) is 39.3 Å². The van der Waals surface area contributed by atoms with Gasteiger partial charge in [0.2, 0.25) is 11.7 Å². The molecule has 2 heterocycles. The van der Waals surface area contributed by atoms with Gasteiger partial charge in [0.15, 0.2) is 17.3 Å². The molecule has 0 atom stereocenters. The monoisotopic (exact) mass is 456 g/mol. The van der Waals surface area contributed by atoms with Gasteiger partial charge in [-0.15, -0.1) is 0 Å². The van der Waals surface area contributed by atoms with E-state index >= 15 is 0 Å². The highest BCUT2D eigenvalue weighted by Gasteiger charge is 2.28. The van der Waals surface area contributed by atoms with Crippen LogP contribution in [0.25, 0.3) is 22.3 Å². The summed E-state index contributed by atoms with van der Waals surface area (Å²) in [5.74, 6) is 2.34. The lowest BCUT2D eigenvalue weighted by Crippen LogP contribution is -2.39. The number of ether oxygens (including phenoxy) is 3. The molecule has 0 aliphatic carbocycles.